The van der Waals surface area contributed by atoms with Gasteiger partial charge in [0.1, 0.15) is 0 Å². The third-order valence-electron chi connectivity index (χ3n) is 2.65. The maximum absolute atomic E-state index is 11.7. The molecule has 2 rings (SSSR count). The Bertz CT molecular complexity index is 333. The number of hydrogen-bond acceptors (Lipinski definition) is 1. The normalized spacial score (nSPS) is 13.2. The van der Waals surface area contributed by atoms with Gasteiger partial charge in [-0.3, -0.25) is 4.79 Å². The van der Waals surface area contributed by atoms with Gasteiger partial charge in [-0.15, -0.1) is 0 Å². The first-order chi connectivity index (χ1) is 7.68. The second-order valence-electron chi connectivity index (χ2n) is 4.12. The summed E-state index contributed by atoms with van der Waals surface area (Å²) in [5, 5.41) is 0. The average Bonchev–Trinajstić information content (AvgIpc) is 2.74. The van der Waals surface area contributed by atoms with E-state index >= 15 is 0 Å². The molecule has 0 atom stereocenters. The molecule has 0 fully saturated rings. The second-order valence-corrected chi connectivity index (χ2v) is 4.12. The van der Waals surface area contributed by atoms with E-state index in [2.05, 4.69) is 12.1 Å². The highest BCUT2D eigenvalue weighted by molar-refractivity contribution is 5.78. The fraction of sp³-hybridized carbons (Fsp3) is 0.500. The molecule has 0 spiro atoms. The van der Waals surface area contributed by atoms with E-state index in [9.17, 15) is 4.79 Å². The van der Waals surface area contributed by atoms with Gasteiger partial charge < -0.3 is 4.90 Å². The Morgan fingerprint density at radius 2 is 1.56 bits per heavy atom. The number of carbonyl (C=O) groups is 1. The Labute approximate surface area is 98.3 Å². The average molecular weight is 219 g/mol. The van der Waals surface area contributed by atoms with Crippen molar-refractivity contribution >= 4 is 5.91 Å². The van der Waals surface area contributed by atoms with Crippen molar-refractivity contribution in [2.24, 2.45) is 5.92 Å². The van der Waals surface area contributed by atoms with Crippen LogP contribution in [0.25, 0.3) is 0 Å². The van der Waals surface area contributed by atoms with Crippen molar-refractivity contribution in [3.8, 4) is 0 Å². The largest absolute Gasteiger partial charge is 0.334 e. The van der Waals surface area contributed by atoms with Crippen molar-refractivity contribution in [3.05, 3.63) is 35.4 Å². The molecule has 0 aliphatic carbocycles. The molecule has 2 nitrogen and oxygen atoms in total. The zero-order valence-electron chi connectivity index (χ0n) is 10.7. The Balaban J connectivity index is 0.000000606. The third-order valence-corrected chi connectivity index (χ3v) is 2.65. The fourth-order valence-electron chi connectivity index (χ4n) is 1.85. The van der Waals surface area contributed by atoms with Gasteiger partial charge >= 0.3 is 0 Å². The molecule has 1 aliphatic rings. The number of nitrogens with zero attached hydrogens (tertiary/aromatic N) is 1. The van der Waals surface area contributed by atoms with Crippen LogP contribution in [-0.2, 0) is 17.9 Å². The topological polar surface area (TPSA) is 20.3 Å². The van der Waals surface area contributed by atoms with Gasteiger partial charge in [-0.1, -0.05) is 52.0 Å². The molecule has 16 heavy (non-hydrogen) atoms. The van der Waals surface area contributed by atoms with E-state index < -0.39 is 0 Å². The number of carbonyl (C=O) groups excluding carboxylic acids is 1. The first kappa shape index (κ1) is 12.8. The molecule has 0 radical (unpaired) electrons. The molecule has 0 N–H and O–H groups in total. The van der Waals surface area contributed by atoms with Gasteiger partial charge in [0.05, 0.1) is 0 Å². The Kier molecular flexibility index (Phi) is 4.53. The van der Waals surface area contributed by atoms with Crippen molar-refractivity contribution < 1.29 is 4.79 Å². The minimum absolute atomic E-state index is 0.101. The lowest BCUT2D eigenvalue weighted by Crippen LogP contribution is -2.29. The predicted molar refractivity (Wildman–Crippen MR) is 66.9 cm³/mol. The fourth-order valence-corrected chi connectivity index (χ4v) is 1.85. The predicted octanol–water partition coefficient (Wildman–Crippen LogP) is 3.21. The van der Waals surface area contributed by atoms with Crippen molar-refractivity contribution in [1.29, 1.82) is 0 Å². The summed E-state index contributed by atoms with van der Waals surface area (Å²) in [6.45, 7) is 9.47. The molecule has 0 unspecified atom stereocenters. The SMILES string of the molecule is CC.CC(C)C(=O)N1Cc2ccccc2C1. The monoisotopic (exact) mass is 219 g/mol. The van der Waals surface area contributed by atoms with Gasteiger partial charge in [0.25, 0.3) is 0 Å². The summed E-state index contributed by atoms with van der Waals surface area (Å²) in [6.07, 6.45) is 0. The first-order valence-electron chi connectivity index (χ1n) is 6.04. The van der Waals surface area contributed by atoms with Crippen LogP contribution >= 0.6 is 0 Å². The van der Waals surface area contributed by atoms with Crippen LogP contribution < -0.4 is 0 Å². The number of rotatable bonds is 1. The second kappa shape index (κ2) is 5.69. The van der Waals surface area contributed by atoms with Crippen LogP contribution in [0.5, 0.6) is 0 Å². The highest BCUT2D eigenvalue weighted by Crippen LogP contribution is 2.23. The van der Waals surface area contributed by atoms with Gasteiger partial charge in [0.2, 0.25) is 5.91 Å². The summed E-state index contributed by atoms with van der Waals surface area (Å²) < 4.78 is 0. The molecule has 1 heterocycles. The summed E-state index contributed by atoms with van der Waals surface area (Å²) in [4.78, 5) is 13.7. The van der Waals surface area contributed by atoms with Crippen LogP contribution in [0.4, 0.5) is 0 Å². The highest BCUT2D eigenvalue weighted by atomic mass is 16.2. The summed E-state index contributed by atoms with van der Waals surface area (Å²) in [6, 6.07) is 8.26. The zero-order chi connectivity index (χ0) is 12.1. The first-order valence-corrected chi connectivity index (χ1v) is 6.04. The Morgan fingerprint density at radius 1 is 1.12 bits per heavy atom. The van der Waals surface area contributed by atoms with Gasteiger partial charge in [0.15, 0.2) is 0 Å². The van der Waals surface area contributed by atoms with Gasteiger partial charge in [-0.25, -0.2) is 0 Å². The smallest absolute Gasteiger partial charge is 0.225 e. The van der Waals surface area contributed by atoms with Crippen LogP contribution in [-0.4, -0.2) is 10.8 Å². The minimum atomic E-state index is 0.101. The number of amides is 1. The summed E-state index contributed by atoms with van der Waals surface area (Å²) in [5.41, 5.74) is 2.59. The lowest BCUT2D eigenvalue weighted by molar-refractivity contribution is -0.135. The molecular weight excluding hydrogens is 198 g/mol. The van der Waals surface area contributed by atoms with Gasteiger partial charge in [-0.2, -0.15) is 0 Å². The van der Waals surface area contributed by atoms with E-state index in [1.54, 1.807) is 0 Å². The van der Waals surface area contributed by atoms with Crippen molar-refractivity contribution in [3.63, 3.8) is 0 Å². The van der Waals surface area contributed by atoms with Crippen molar-refractivity contribution in [1.82, 2.24) is 4.90 Å². The van der Waals surface area contributed by atoms with Crippen LogP contribution in [0.1, 0.15) is 38.8 Å². The molecule has 0 saturated heterocycles. The molecule has 1 amide bonds. The lowest BCUT2D eigenvalue weighted by Gasteiger charge is -2.17. The molecule has 1 aromatic carbocycles. The summed E-state index contributed by atoms with van der Waals surface area (Å²) in [7, 11) is 0. The molecule has 1 aromatic rings. The molecular formula is C14H21NO. The molecule has 0 saturated carbocycles. The van der Waals surface area contributed by atoms with Gasteiger partial charge in [-0.05, 0) is 11.1 Å². The van der Waals surface area contributed by atoms with E-state index in [4.69, 9.17) is 0 Å². The molecule has 1 aliphatic heterocycles. The zero-order valence-corrected chi connectivity index (χ0v) is 10.7. The molecule has 88 valence electrons. The maximum Gasteiger partial charge on any atom is 0.225 e. The molecule has 0 bridgehead atoms. The van der Waals surface area contributed by atoms with E-state index in [0.29, 0.717) is 0 Å². The number of hydrogen-bond donors (Lipinski definition) is 0. The standard InChI is InChI=1S/C12H15NO.C2H6/c1-9(2)12(14)13-7-10-5-3-4-6-11(10)8-13;1-2/h3-6,9H,7-8H2,1-2H3;1-2H3. The Hall–Kier alpha value is -1.31. The van der Waals surface area contributed by atoms with E-state index in [0.717, 1.165) is 13.1 Å². The summed E-state index contributed by atoms with van der Waals surface area (Å²) in [5.74, 6) is 0.352. The van der Waals surface area contributed by atoms with E-state index in [-0.39, 0.29) is 11.8 Å². The van der Waals surface area contributed by atoms with Crippen molar-refractivity contribution in [2.45, 2.75) is 40.8 Å². The molecule has 2 heteroatoms. The van der Waals surface area contributed by atoms with Crippen LogP contribution in [0.3, 0.4) is 0 Å². The van der Waals surface area contributed by atoms with E-state index in [1.165, 1.54) is 11.1 Å². The van der Waals surface area contributed by atoms with Gasteiger partial charge in [0, 0.05) is 19.0 Å². The van der Waals surface area contributed by atoms with Crippen molar-refractivity contribution in [2.75, 3.05) is 0 Å². The maximum atomic E-state index is 11.7. The highest BCUT2D eigenvalue weighted by Gasteiger charge is 2.24. The third kappa shape index (κ3) is 2.63. The van der Waals surface area contributed by atoms with Crippen LogP contribution in [0.2, 0.25) is 0 Å². The van der Waals surface area contributed by atoms with E-state index in [1.807, 2.05) is 44.7 Å². The number of fused-ring (bicyclic) bond motifs is 1. The lowest BCUT2D eigenvalue weighted by atomic mass is 10.1. The Morgan fingerprint density at radius 3 is 1.94 bits per heavy atom. The van der Waals surface area contributed by atoms with Crippen LogP contribution in [0, 0.1) is 5.92 Å². The van der Waals surface area contributed by atoms with Crippen LogP contribution in [0.15, 0.2) is 24.3 Å². The minimum Gasteiger partial charge on any atom is -0.334 e. The quantitative estimate of drug-likeness (QED) is 0.710. The molecule has 0 aromatic heterocycles. The number of benzene rings is 1. The summed E-state index contributed by atoms with van der Waals surface area (Å²) >= 11 is 0.